The molecule has 2 N–H and O–H groups in total. The topological polar surface area (TPSA) is 61.4 Å². The van der Waals surface area contributed by atoms with Crippen molar-refractivity contribution in [2.45, 2.75) is 31.9 Å². The molecule has 1 aliphatic rings. The molecule has 1 heterocycles. The fraction of sp³-hybridized carbons (Fsp3) is 0.333. The Morgan fingerprint density at radius 3 is 2.43 bits per heavy atom. The molecule has 0 bridgehead atoms. The number of aryl methyl sites for hydroxylation is 1. The molecule has 1 aliphatic heterocycles. The van der Waals surface area contributed by atoms with Gasteiger partial charge in [-0.15, -0.1) is 0 Å². The quantitative estimate of drug-likeness (QED) is 0.593. The molecule has 5 nitrogen and oxygen atoms in total. The van der Waals surface area contributed by atoms with Crippen molar-refractivity contribution in [1.82, 2.24) is 15.2 Å². The van der Waals surface area contributed by atoms with Crippen molar-refractivity contribution in [3.05, 3.63) is 59.4 Å². The van der Waals surface area contributed by atoms with E-state index in [1.165, 1.54) is 11.9 Å². The number of nitrogens with zero attached hydrogens (tertiary/aromatic N) is 1. The van der Waals surface area contributed by atoms with Gasteiger partial charge < -0.3 is 4.90 Å². The van der Waals surface area contributed by atoms with Gasteiger partial charge in [0.05, 0.1) is 5.56 Å². The van der Waals surface area contributed by atoms with Gasteiger partial charge in [-0.1, -0.05) is 42.3 Å². The molecule has 0 saturated carbocycles. The van der Waals surface area contributed by atoms with E-state index in [-0.39, 0.29) is 16.7 Å². The largest absolute Gasteiger partial charge is 0.343 e. The van der Waals surface area contributed by atoms with Gasteiger partial charge in [0.2, 0.25) is 5.91 Å². The number of likely N-dealkylation sites (tertiary alicyclic amines) is 1. The van der Waals surface area contributed by atoms with Crippen LogP contribution in [0.25, 0.3) is 11.1 Å². The van der Waals surface area contributed by atoms with Crippen LogP contribution in [0.4, 0.5) is 4.39 Å². The molecule has 7 heteroatoms. The predicted octanol–water partition coefficient (Wildman–Crippen LogP) is 3.69. The number of rotatable bonds is 5. The van der Waals surface area contributed by atoms with Crippen LogP contribution >= 0.6 is 11.9 Å². The average molecular weight is 402 g/mol. The van der Waals surface area contributed by atoms with Crippen molar-refractivity contribution in [3.63, 3.8) is 0 Å². The lowest BCUT2D eigenvalue weighted by Gasteiger charge is -2.30. The molecule has 28 heavy (non-hydrogen) atoms. The molecule has 0 spiro atoms. The van der Waals surface area contributed by atoms with E-state index < -0.39 is 11.7 Å². The molecular formula is C21H24FN3O2S. The highest BCUT2D eigenvalue weighted by molar-refractivity contribution is 7.98. The van der Waals surface area contributed by atoms with Crippen LogP contribution in [-0.2, 0) is 4.79 Å². The number of amides is 2. The number of hydrogen-bond acceptors (Lipinski definition) is 4. The van der Waals surface area contributed by atoms with E-state index in [0.717, 1.165) is 37.1 Å². The van der Waals surface area contributed by atoms with Crippen LogP contribution in [-0.4, -0.2) is 35.1 Å². The van der Waals surface area contributed by atoms with E-state index in [9.17, 15) is 14.0 Å². The highest BCUT2D eigenvalue weighted by Gasteiger charge is 2.22. The highest BCUT2D eigenvalue weighted by Crippen LogP contribution is 2.25. The molecule has 0 atom stereocenters. The number of benzene rings is 2. The Hall–Kier alpha value is -2.38. The second-order valence-electron chi connectivity index (χ2n) is 6.90. The normalized spacial score (nSPS) is 14.8. The third-order valence-corrected chi connectivity index (χ3v) is 5.91. The van der Waals surface area contributed by atoms with Gasteiger partial charge >= 0.3 is 0 Å². The maximum atomic E-state index is 14.5. The number of carbonyl (C=O) groups is 2. The number of hydrogen-bond donors (Lipinski definition) is 2. The molecule has 2 amide bonds. The lowest BCUT2D eigenvalue weighted by atomic mass is 9.99. The summed E-state index contributed by atoms with van der Waals surface area (Å²) in [5.41, 5.74) is 4.75. The van der Waals surface area contributed by atoms with Gasteiger partial charge in [0.1, 0.15) is 5.82 Å². The summed E-state index contributed by atoms with van der Waals surface area (Å²) in [5, 5.41) is 0.290. The van der Waals surface area contributed by atoms with Crippen molar-refractivity contribution >= 4 is 23.8 Å². The van der Waals surface area contributed by atoms with Crippen LogP contribution < -0.4 is 10.3 Å². The highest BCUT2D eigenvalue weighted by atomic mass is 32.2. The van der Waals surface area contributed by atoms with Crippen LogP contribution in [0, 0.1) is 12.7 Å². The van der Waals surface area contributed by atoms with Crippen LogP contribution in [0.3, 0.4) is 0 Å². The third kappa shape index (κ3) is 4.91. The minimum Gasteiger partial charge on any atom is -0.343 e. The zero-order valence-electron chi connectivity index (χ0n) is 16.0. The summed E-state index contributed by atoms with van der Waals surface area (Å²) < 4.78 is 14.5. The number of halogens is 1. The Balaban J connectivity index is 1.60. The predicted molar refractivity (Wildman–Crippen MR) is 110 cm³/mol. The van der Waals surface area contributed by atoms with Gasteiger partial charge in [0.15, 0.2) is 0 Å². The molecule has 2 aromatic rings. The van der Waals surface area contributed by atoms with Gasteiger partial charge in [-0.25, -0.2) is 4.39 Å². The Morgan fingerprint density at radius 2 is 1.79 bits per heavy atom. The van der Waals surface area contributed by atoms with E-state index in [2.05, 4.69) is 10.3 Å². The second kappa shape index (κ2) is 9.21. The summed E-state index contributed by atoms with van der Waals surface area (Å²) in [6.45, 7) is 4.67. The molecule has 2 aromatic carbocycles. The zero-order valence-corrected chi connectivity index (χ0v) is 16.8. The summed E-state index contributed by atoms with van der Waals surface area (Å²) in [4.78, 5) is 28.5. The summed E-state index contributed by atoms with van der Waals surface area (Å²) in [7, 11) is 0. The van der Waals surface area contributed by atoms with Crippen molar-refractivity contribution in [3.8, 4) is 11.1 Å². The second-order valence-corrected chi connectivity index (χ2v) is 8.01. The molecular weight excluding hydrogens is 377 g/mol. The first kappa shape index (κ1) is 20.4. The third-order valence-electron chi connectivity index (χ3n) is 4.88. The number of piperidine rings is 1. The molecule has 1 fully saturated rings. The first-order chi connectivity index (χ1) is 13.5. The molecule has 0 aromatic heterocycles. The SMILES string of the molecule is CC(=O)N1CCC(SNNC(=O)c2cc(-c3ccccc3)cc(C)c2F)CC1. The Kier molecular flexibility index (Phi) is 6.70. The standard InChI is InChI=1S/C21H24FN3O2S/c1-14-12-17(16-6-4-3-5-7-16)13-19(20(14)22)21(27)23-24-28-18-8-10-25(11-9-18)15(2)26/h3-7,12-13,18,24H,8-11H2,1-2H3,(H,23,27). The maximum absolute atomic E-state index is 14.5. The summed E-state index contributed by atoms with van der Waals surface area (Å²) in [5.74, 6) is -0.931. The van der Waals surface area contributed by atoms with Crippen LogP contribution in [0.2, 0.25) is 0 Å². The molecule has 3 rings (SSSR count). The zero-order chi connectivity index (χ0) is 20.1. The van der Waals surface area contributed by atoms with E-state index >= 15 is 0 Å². The van der Waals surface area contributed by atoms with Gasteiger partial charge in [0.25, 0.3) is 5.91 Å². The molecule has 0 unspecified atom stereocenters. The van der Waals surface area contributed by atoms with Crippen molar-refractivity contribution in [2.24, 2.45) is 0 Å². The van der Waals surface area contributed by atoms with Crippen molar-refractivity contribution in [2.75, 3.05) is 13.1 Å². The monoisotopic (exact) mass is 401 g/mol. The Morgan fingerprint density at radius 1 is 1.11 bits per heavy atom. The smallest absolute Gasteiger partial charge is 0.269 e. The number of nitrogens with one attached hydrogen (secondary N) is 2. The van der Waals surface area contributed by atoms with Gasteiger partial charge in [-0.2, -0.15) is 4.83 Å². The number of hydrazine groups is 1. The molecule has 148 valence electrons. The van der Waals surface area contributed by atoms with Gasteiger partial charge in [-0.3, -0.25) is 15.0 Å². The van der Waals surface area contributed by atoms with Crippen molar-refractivity contribution < 1.29 is 14.0 Å². The van der Waals surface area contributed by atoms with Gasteiger partial charge in [0, 0.05) is 25.3 Å². The Labute approximate surface area is 168 Å². The summed E-state index contributed by atoms with van der Waals surface area (Å²) in [6.07, 6.45) is 1.70. The minimum atomic E-state index is -0.515. The van der Waals surface area contributed by atoms with E-state index in [4.69, 9.17) is 0 Å². The molecule has 0 aliphatic carbocycles. The fourth-order valence-electron chi connectivity index (χ4n) is 3.25. The maximum Gasteiger partial charge on any atom is 0.269 e. The van der Waals surface area contributed by atoms with E-state index in [1.54, 1.807) is 26.0 Å². The van der Waals surface area contributed by atoms with Gasteiger partial charge in [-0.05, 0) is 48.6 Å². The Bertz CT molecular complexity index is 852. The van der Waals surface area contributed by atoms with Crippen LogP contribution in [0.15, 0.2) is 42.5 Å². The summed E-state index contributed by atoms with van der Waals surface area (Å²) in [6, 6.07) is 12.9. The first-order valence-electron chi connectivity index (χ1n) is 9.27. The molecule has 1 saturated heterocycles. The number of carbonyl (C=O) groups excluding carboxylic acids is 2. The van der Waals surface area contributed by atoms with Crippen molar-refractivity contribution in [1.29, 1.82) is 0 Å². The van der Waals surface area contributed by atoms with E-state index in [1.807, 2.05) is 35.2 Å². The first-order valence-corrected chi connectivity index (χ1v) is 10.2. The minimum absolute atomic E-state index is 0.0124. The van der Waals surface area contributed by atoms with E-state index in [0.29, 0.717) is 5.56 Å². The summed E-state index contributed by atoms with van der Waals surface area (Å²) >= 11 is 1.40. The fourth-order valence-corrected chi connectivity index (χ4v) is 4.01. The average Bonchev–Trinajstić information content (AvgIpc) is 2.71. The lowest BCUT2D eigenvalue weighted by Crippen LogP contribution is -2.40. The lowest BCUT2D eigenvalue weighted by molar-refractivity contribution is -0.129. The van der Waals surface area contributed by atoms with Crippen LogP contribution in [0.1, 0.15) is 35.7 Å². The molecule has 0 radical (unpaired) electrons. The van der Waals surface area contributed by atoms with Crippen LogP contribution in [0.5, 0.6) is 0 Å².